The van der Waals surface area contributed by atoms with Crippen molar-refractivity contribution in [1.29, 1.82) is 0 Å². The first-order valence-corrected chi connectivity index (χ1v) is 11.7. The molecule has 0 unspecified atom stereocenters. The topological polar surface area (TPSA) is 54.9 Å². The van der Waals surface area contributed by atoms with Gasteiger partial charge in [0.15, 0.2) is 5.13 Å². The number of carbonyl (C=O) groups is 1. The number of pyridine rings is 1. The van der Waals surface area contributed by atoms with Gasteiger partial charge in [-0.25, -0.2) is 9.97 Å². The molecule has 0 bridgehead atoms. The largest absolute Gasteiger partial charge is 0.298 e. The number of aryl methyl sites for hydroxylation is 2. The van der Waals surface area contributed by atoms with E-state index in [0.29, 0.717) is 10.7 Å². The van der Waals surface area contributed by atoms with Crippen molar-refractivity contribution < 1.29 is 4.79 Å². The molecule has 5 aromatic rings. The molecule has 0 saturated carbocycles. The molecular weight excluding hydrogens is 426 g/mol. The van der Waals surface area contributed by atoms with E-state index in [1.165, 1.54) is 22.5 Å². The van der Waals surface area contributed by atoms with Gasteiger partial charge in [-0.15, -0.1) is 11.3 Å². The molecule has 3 aromatic carbocycles. The zero-order chi connectivity index (χ0) is 22.9. The van der Waals surface area contributed by atoms with E-state index in [2.05, 4.69) is 60.5 Å². The predicted octanol–water partition coefficient (Wildman–Crippen LogP) is 7.20. The Balaban J connectivity index is 1.54. The number of amides is 1. The number of hydrogen-bond donors (Lipinski definition) is 1. The van der Waals surface area contributed by atoms with E-state index in [1.54, 1.807) is 0 Å². The molecule has 2 heterocycles. The zero-order valence-corrected chi connectivity index (χ0v) is 19.5. The maximum atomic E-state index is 13.5. The summed E-state index contributed by atoms with van der Waals surface area (Å²) in [6, 6.07) is 24.2. The Kier molecular flexibility index (Phi) is 5.48. The van der Waals surface area contributed by atoms with Gasteiger partial charge in [-0.05, 0) is 32.4 Å². The van der Waals surface area contributed by atoms with Crippen LogP contribution in [0.25, 0.3) is 33.4 Å². The lowest BCUT2D eigenvalue weighted by Gasteiger charge is -2.14. The number of para-hydroxylation sites is 1. The van der Waals surface area contributed by atoms with Crippen LogP contribution in [0.5, 0.6) is 0 Å². The van der Waals surface area contributed by atoms with E-state index in [-0.39, 0.29) is 5.91 Å². The van der Waals surface area contributed by atoms with Gasteiger partial charge in [-0.2, -0.15) is 0 Å². The number of fused-ring (bicyclic) bond motifs is 1. The van der Waals surface area contributed by atoms with Gasteiger partial charge in [0.05, 0.1) is 22.5 Å². The Labute approximate surface area is 197 Å². The fraction of sp³-hybridized carbons (Fsp3) is 0.107. The van der Waals surface area contributed by atoms with Crippen LogP contribution in [0, 0.1) is 20.8 Å². The molecule has 0 atom stereocenters. The molecule has 4 nitrogen and oxygen atoms in total. The molecule has 0 spiro atoms. The van der Waals surface area contributed by atoms with Gasteiger partial charge in [0.25, 0.3) is 5.91 Å². The van der Waals surface area contributed by atoms with Crippen molar-refractivity contribution in [2.24, 2.45) is 0 Å². The zero-order valence-electron chi connectivity index (χ0n) is 18.7. The number of carbonyl (C=O) groups excluding carboxylic acids is 1. The fourth-order valence-electron chi connectivity index (χ4n) is 3.94. The smallest absolute Gasteiger partial charge is 0.258 e. The van der Waals surface area contributed by atoms with Gasteiger partial charge in [0.2, 0.25) is 0 Å². The molecule has 162 valence electrons. The molecule has 0 saturated heterocycles. The first-order valence-electron chi connectivity index (χ1n) is 10.8. The third-order valence-corrected chi connectivity index (χ3v) is 6.52. The number of thiazole rings is 1. The average Bonchev–Trinajstić information content (AvgIpc) is 3.28. The Morgan fingerprint density at radius 1 is 0.788 bits per heavy atom. The summed E-state index contributed by atoms with van der Waals surface area (Å²) in [7, 11) is 0. The highest BCUT2D eigenvalue weighted by atomic mass is 32.1. The first-order chi connectivity index (χ1) is 16.0. The van der Waals surface area contributed by atoms with Crippen molar-refractivity contribution in [3.63, 3.8) is 0 Å². The summed E-state index contributed by atoms with van der Waals surface area (Å²) in [5, 5.41) is 6.40. The quantitative estimate of drug-likeness (QED) is 0.315. The maximum Gasteiger partial charge on any atom is 0.258 e. The normalized spacial score (nSPS) is 11.0. The van der Waals surface area contributed by atoms with Crippen molar-refractivity contribution in [1.82, 2.24) is 9.97 Å². The van der Waals surface area contributed by atoms with Gasteiger partial charge in [-0.1, -0.05) is 77.9 Å². The molecule has 0 aliphatic carbocycles. The molecule has 5 rings (SSSR count). The highest BCUT2D eigenvalue weighted by Gasteiger charge is 2.20. The van der Waals surface area contributed by atoms with Crippen molar-refractivity contribution >= 4 is 33.3 Å². The second-order valence-corrected chi connectivity index (χ2v) is 9.06. The van der Waals surface area contributed by atoms with Gasteiger partial charge in [0.1, 0.15) is 0 Å². The van der Waals surface area contributed by atoms with E-state index in [0.717, 1.165) is 39.0 Å². The van der Waals surface area contributed by atoms with E-state index < -0.39 is 0 Å². The predicted molar refractivity (Wildman–Crippen MR) is 137 cm³/mol. The summed E-state index contributed by atoms with van der Waals surface area (Å²) in [5.41, 5.74) is 8.36. The van der Waals surface area contributed by atoms with Crippen LogP contribution in [0.3, 0.4) is 0 Å². The van der Waals surface area contributed by atoms with Crippen LogP contribution >= 0.6 is 11.3 Å². The van der Waals surface area contributed by atoms with Crippen LogP contribution in [0.2, 0.25) is 0 Å². The highest BCUT2D eigenvalue weighted by molar-refractivity contribution is 7.14. The van der Waals surface area contributed by atoms with Crippen molar-refractivity contribution in [2.45, 2.75) is 20.8 Å². The van der Waals surface area contributed by atoms with E-state index in [4.69, 9.17) is 4.98 Å². The summed E-state index contributed by atoms with van der Waals surface area (Å²) in [4.78, 5) is 23.0. The molecule has 1 N–H and O–H groups in total. The number of rotatable bonds is 4. The lowest BCUT2D eigenvalue weighted by Crippen LogP contribution is -2.15. The van der Waals surface area contributed by atoms with Crippen molar-refractivity contribution in [3.8, 4) is 22.5 Å². The van der Waals surface area contributed by atoms with E-state index >= 15 is 0 Å². The van der Waals surface area contributed by atoms with Crippen LogP contribution < -0.4 is 5.32 Å². The Hall–Kier alpha value is -3.83. The van der Waals surface area contributed by atoms with Crippen LogP contribution in [-0.4, -0.2) is 15.9 Å². The number of aromatic nitrogens is 2. The van der Waals surface area contributed by atoms with E-state index in [1.807, 2.05) is 48.7 Å². The molecule has 1 amide bonds. The van der Waals surface area contributed by atoms with Crippen LogP contribution in [-0.2, 0) is 0 Å². The van der Waals surface area contributed by atoms with Crippen molar-refractivity contribution in [2.75, 3.05) is 5.32 Å². The summed E-state index contributed by atoms with van der Waals surface area (Å²) < 4.78 is 0. The first kappa shape index (κ1) is 21.0. The lowest BCUT2D eigenvalue weighted by molar-refractivity contribution is 0.102. The number of anilines is 1. The second kappa shape index (κ2) is 8.60. The molecule has 33 heavy (non-hydrogen) atoms. The van der Waals surface area contributed by atoms with Gasteiger partial charge < -0.3 is 0 Å². The number of benzene rings is 3. The highest BCUT2D eigenvalue weighted by Crippen LogP contribution is 2.31. The molecule has 0 aliphatic heterocycles. The van der Waals surface area contributed by atoms with E-state index in [9.17, 15) is 4.79 Å². The Morgan fingerprint density at radius 2 is 1.42 bits per heavy atom. The molecule has 5 heteroatoms. The lowest BCUT2D eigenvalue weighted by atomic mass is 9.97. The van der Waals surface area contributed by atoms with Gasteiger partial charge in [0, 0.05) is 21.9 Å². The standard InChI is InChI=1S/C28H23N3OS/c1-17-8-12-20(13-9-17)24-16-33-28(30-24)31-27(32)25-19(3)26(21-14-10-18(2)11-15-21)29-23-7-5-4-6-22(23)25/h4-16H,1-3H3,(H,30,31,32). The van der Waals surface area contributed by atoms with Crippen LogP contribution in [0.1, 0.15) is 27.0 Å². The van der Waals surface area contributed by atoms with Gasteiger partial charge in [-0.3, -0.25) is 10.1 Å². The molecule has 0 aliphatic rings. The van der Waals surface area contributed by atoms with Crippen LogP contribution in [0.4, 0.5) is 5.13 Å². The van der Waals surface area contributed by atoms with Crippen molar-refractivity contribution in [3.05, 3.63) is 100 Å². The Bertz CT molecular complexity index is 1470. The molecule has 0 radical (unpaired) electrons. The molecule has 0 fully saturated rings. The average molecular weight is 450 g/mol. The number of nitrogens with one attached hydrogen (secondary N) is 1. The SMILES string of the molecule is Cc1ccc(-c2csc(NC(=O)c3c(C)c(-c4ccc(C)cc4)nc4ccccc34)n2)cc1. The molecular formula is C28H23N3OS. The third kappa shape index (κ3) is 4.15. The minimum absolute atomic E-state index is 0.177. The summed E-state index contributed by atoms with van der Waals surface area (Å²) in [5.74, 6) is -0.177. The minimum atomic E-state index is -0.177. The van der Waals surface area contributed by atoms with Crippen LogP contribution in [0.15, 0.2) is 78.2 Å². The maximum absolute atomic E-state index is 13.5. The monoisotopic (exact) mass is 449 g/mol. The number of nitrogens with zero attached hydrogens (tertiary/aromatic N) is 2. The fourth-order valence-corrected chi connectivity index (χ4v) is 4.65. The van der Waals surface area contributed by atoms with Gasteiger partial charge >= 0.3 is 0 Å². The minimum Gasteiger partial charge on any atom is -0.298 e. The third-order valence-electron chi connectivity index (χ3n) is 5.76. The Morgan fingerprint density at radius 3 is 2.12 bits per heavy atom. The number of hydrogen-bond acceptors (Lipinski definition) is 4. The molecule has 2 aromatic heterocycles. The summed E-state index contributed by atoms with van der Waals surface area (Å²) >= 11 is 1.43. The summed E-state index contributed by atoms with van der Waals surface area (Å²) in [6.07, 6.45) is 0. The second-order valence-electron chi connectivity index (χ2n) is 8.20. The summed E-state index contributed by atoms with van der Waals surface area (Å²) in [6.45, 7) is 6.08.